The maximum atomic E-state index is 10.4. The molecule has 1 rings (SSSR count). The number of hydrogen-bond donors (Lipinski definition) is 3. The van der Waals surface area contributed by atoms with Crippen LogP contribution in [-0.4, -0.2) is 11.1 Å². The van der Waals surface area contributed by atoms with Crippen molar-refractivity contribution in [1.82, 2.24) is 0 Å². The Morgan fingerprint density at radius 3 is 2.54 bits per heavy atom. The van der Waals surface area contributed by atoms with Gasteiger partial charge in [-0.3, -0.25) is 5.84 Å². The number of carbonyl (C=O) groups is 1. The van der Waals surface area contributed by atoms with Crippen LogP contribution in [0.3, 0.4) is 0 Å². The molecule has 0 spiro atoms. The fourth-order valence-corrected chi connectivity index (χ4v) is 0.742. The first-order chi connectivity index (χ1) is 6.24. The molecule has 0 saturated carbocycles. The number of hydrogen-bond acceptors (Lipinski definition) is 3. The van der Waals surface area contributed by atoms with Gasteiger partial charge < -0.3 is 10.5 Å². The highest BCUT2D eigenvalue weighted by molar-refractivity contribution is 5.88. The molecule has 0 fully saturated rings. The molecule has 0 bridgehead atoms. The molecule has 0 unspecified atom stereocenters. The zero-order valence-electron chi connectivity index (χ0n) is 7.74. The van der Waals surface area contributed by atoms with Gasteiger partial charge >= 0.3 is 5.97 Å². The van der Waals surface area contributed by atoms with Crippen molar-refractivity contribution in [2.24, 2.45) is 5.84 Å². The Balaban J connectivity index is 0.000000671. The predicted octanol–water partition coefficient (Wildman–Crippen LogP) is 1.70. The third-order valence-corrected chi connectivity index (χ3v) is 1.28. The van der Waals surface area contributed by atoms with Crippen molar-refractivity contribution in [2.75, 3.05) is 5.43 Å². The van der Waals surface area contributed by atoms with E-state index < -0.39 is 5.97 Å². The molecule has 4 N–H and O–H groups in total. The first-order valence-electron chi connectivity index (χ1n) is 4.04. The average Bonchev–Trinajstić information content (AvgIpc) is 2.21. The fourth-order valence-electron chi connectivity index (χ4n) is 0.742. The van der Waals surface area contributed by atoms with E-state index >= 15 is 0 Å². The van der Waals surface area contributed by atoms with E-state index in [2.05, 4.69) is 5.43 Å². The largest absolute Gasteiger partial charge is 0.478 e. The molecule has 1 aromatic rings. The Bertz CT molecular complexity index is 274. The molecule has 0 aliphatic heterocycles. The summed E-state index contributed by atoms with van der Waals surface area (Å²) in [5.41, 5.74) is 3.17. The third kappa shape index (κ3) is 3.57. The van der Waals surface area contributed by atoms with Gasteiger partial charge in [-0.05, 0) is 18.2 Å². The average molecular weight is 182 g/mol. The first kappa shape index (κ1) is 11.4. The van der Waals surface area contributed by atoms with Gasteiger partial charge in [0.05, 0.1) is 5.56 Å². The van der Waals surface area contributed by atoms with Crippen LogP contribution in [0.25, 0.3) is 0 Å². The van der Waals surface area contributed by atoms with Gasteiger partial charge in [0.1, 0.15) is 0 Å². The standard InChI is InChI=1S/C7H8N2O2.C2H6/c8-9-6-3-1-2-5(4-6)7(10)11;1-2/h1-4,9H,8H2,(H,10,11);1-2H3. The van der Waals surface area contributed by atoms with E-state index in [4.69, 9.17) is 10.9 Å². The molecule has 4 nitrogen and oxygen atoms in total. The Hall–Kier alpha value is -1.55. The molecule has 0 saturated heterocycles. The summed E-state index contributed by atoms with van der Waals surface area (Å²) >= 11 is 0. The number of nitrogens with one attached hydrogen (secondary N) is 1. The van der Waals surface area contributed by atoms with E-state index in [-0.39, 0.29) is 5.56 Å². The lowest BCUT2D eigenvalue weighted by atomic mass is 10.2. The molecule has 0 amide bonds. The third-order valence-electron chi connectivity index (χ3n) is 1.28. The van der Waals surface area contributed by atoms with Crippen LogP contribution in [0.15, 0.2) is 24.3 Å². The first-order valence-corrected chi connectivity index (χ1v) is 4.04. The number of carboxylic acids is 1. The summed E-state index contributed by atoms with van der Waals surface area (Å²) < 4.78 is 0. The van der Waals surface area contributed by atoms with Crippen LogP contribution in [0.4, 0.5) is 5.69 Å². The summed E-state index contributed by atoms with van der Waals surface area (Å²) in [6.07, 6.45) is 0. The van der Waals surface area contributed by atoms with Crippen molar-refractivity contribution >= 4 is 11.7 Å². The van der Waals surface area contributed by atoms with Gasteiger partial charge in [0, 0.05) is 5.69 Å². The normalized spacial score (nSPS) is 8.23. The summed E-state index contributed by atoms with van der Waals surface area (Å²) in [7, 11) is 0. The summed E-state index contributed by atoms with van der Waals surface area (Å²) in [6.45, 7) is 4.00. The van der Waals surface area contributed by atoms with Gasteiger partial charge in [0.25, 0.3) is 0 Å². The summed E-state index contributed by atoms with van der Waals surface area (Å²) in [5, 5.41) is 8.54. The van der Waals surface area contributed by atoms with E-state index in [0.29, 0.717) is 5.69 Å². The SMILES string of the molecule is CC.NNc1cccc(C(=O)O)c1. The van der Waals surface area contributed by atoms with E-state index in [1.807, 2.05) is 13.8 Å². The van der Waals surface area contributed by atoms with Crippen molar-refractivity contribution in [3.63, 3.8) is 0 Å². The van der Waals surface area contributed by atoms with Crippen LogP contribution in [0, 0.1) is 0 Å². The molecule has 0 heterocycles. The highest BCUT2D eigenvalue weighted by Gasteiger charge is 2.00. The van der Waals surface area contributed by atoms with Crippen LogP contribution >= 0.6 is 0 Å². The highest BCUT2D eigenvalue weighted by atomic mass is 16.4. The monoisotopic (exact) mass is 182 g/mol. The molecule has 0 atom stereocenters. The second kappa shape index (κ2) is 6.02. The smallest absolute Gasteiger partial charge is 0.335 e. The Morgan fingerprint density at radius 1 is 1.46 bits per heavy atom. The Morgan fingerprint density at radius 2 is 2.08 bits per heavy atom. The molecule has 0 aliphatic carbocycles. The van der Waals surface area contributed by atoms with Gasteiger partial charge in [-0.2, -0.15) is 0 Å². The quantitative estimate of drug-likeness (QED) is 0.480. The van der Waals surface area contributed by atoms with Crippen LogP contribution < -0.4 is 11.3 Å². The van der Waals surface area contributed by atoms with Crippen molar-refractivity contribution in [3.05, 3.63) is 29.8 Å². The number of hydrazine groups is 1. The van der Waals surface area contributed by atoms with E-state index in [1.54, 1.807) is 12.1 Å². The van der Waals surface area contributed by atoms with Gasteiger partial charge in [-0.1, -0.05) is 19.9 Å². The minimum absolute atomic E-state index is 0.223. The van der Waals surface area contributed by atoms with Crippen molar-refractivity contribution in [2.45, 2.75) is 13.8 Å². The van der Waals surface area contributed by atoms with Crippen LogP contribution in [0.1, 0.15) is 24.2 Å². The zero-order chi connectivity index (χ0) is 10.3. The molecule has 0 aliphatic rings. The molecule has 13 heavy (non-hydrogen) atoms. The molecule has 0 aromatic heterocycles. The van der Waals surface area contributed by atoms with Crippen molar-refractivity contribution in [3.8, 4) is 0 Å². The predicted molar refractivity (Wildman–Crippen MR) is 52.6 cm³/mol. The molecule has 1 aromatic carbocycles. The topological polar surface area (TPSA) is 75.3 Å². The van der Waals surface area contributed by atoms with Gasteiger partial charge in [-0.25, -0.2) is 4.79 Å². The maximum absolute atomic E-state index is 10.4. The second-order valence-electron chi connectivity index (χ2n) is 2.03. The minimum atomic E-state index is -0.956. The number of carboxylic acid groups (broad SMARTS) is 1. The van der Waals surface area contributed by atoms with Crippen LogP contribution in [-0.2, 0) is 0 Å². The number of rotatable bonds is 2. The van der Waals surface area contributed by atoms with Crippen molar-refractivity contribution < 1.29 is 9.90 Å². The number of nitrogen functional groups attached to an aromatic ring is 1. The second-order valence-corrected chi connectivity index (χ2v) is 2.03. The molecular weight excluding hydrogens is 168 g/mol. The fraction of sp³-hybridized carbons (Fsp3) is 0.222. The van der Waals surface area contributed by atoms with Gasteiger partial charge in [0.15, 0.2) is 0 Å². The van der Waals surface area contributed by atoms with E-state index in [0.717, 1.165) is 0 Å². The Kier molecular flexibility index (Phi) is 5.30. The number of nitrogens with two attached hydrogens (primary N) is 1. The highest BCUT2D eigenvalue weighted by Crippen LogP contribution is 2.08. The number of benzene rings is 1. The lowest BCUT2D eigenvalue weighted by Crippen LogP contribution is -2.07. The Labute approximate surface area is 77.3 Å². The number of anilines is 1. The van der Waals surface area contributed by atoms with Gasteiger partial charge in [0.2, 0.25) is 0 Å². The molecular formula is C9H14N2O2. The van der Waals surface area contributed by atoms with E-state index in [1.165, 1.54) is 12.1 Å². The zero-order valence-corrected chi connectivity index (χ0v) is 7.74. The van der Waals surface area contributed by atoms with Crippen molar-refractivity contribution in [1.29, 1.82) is 0 Å². The number of aromatic carboxylic acids is 1. The lowest BCUT2D eigenvalue weighted by molar-refractivity contribution is 0.0697. The minimum Gasteiger partial charge on any atom is -0.478 e. The van der Waals surface area contributed by atoms with Gasteiger partial charge in [-0.15, -0.1) is 0 Å². The molecule has 4 heteroatoms. The molecule has 0 radical (unpaired) electrons. The van der Waals surface area contributed by atoms with Crippen LogP contribution in [0.2, 0.25) is 0 Å². The summed E-state index contributed by atoms with van der Waals surface area (Å²) in [6, 6.07) is 6.27. The maximum Gasteiger partial charge on any atom is 0.335 e. The summed E-state index contributed by atoms with van der Waals surface area (Å²) in [4.78, 5) is 10.4. The molecule has 72 valence electrons. The lowest BCUT2D eigenvalue weighted by Gasteiger charge is -1.99. The summed E-state index contributed by atoms with van der Waals surface area (Å²) in [5.74, 6) is 4.12. The van der Waals surface area contributed by atoms with Crippen LogP contribution in [0.5, 0.6) is 0 Å². The van der Waals surface area contributed by atoms with E-state index in [9.17, 15) is 4.79 Å².